The van der Waals surface area contributed by atoms with Crippen LogP contribution in [0, 0.1) is 11.6 Å². The van der Waals surface area contributed by atoms with Crippen LogP contribution in [-0.4, -0.2) is 38.9 Å². The molecule has 0 N–H and O–H groups in total. The Labute approximate surface area is 134 Å². The molecule has 1 aliphatic rings. The highest BCUT2D eigenvalue weighted by molar-refractivity contribution is 7.89. The zero-order valence-corrected chi connectivity index (χ0v) is 13.1. The second kappa shape index (κ2) is 6.25. The Morgan fingerprint density at radius 1 is 0.826 bits per heavy atom. The summed E-state index contributed by atoms with van der Waals surface area (Å²) in [6.07, 6.45) is 0. The Hall–Kier alpha value is -1.99. The lowest BCUT2D eigenvalue weighted by Gasteiger charge is -2.35. The van der Waals surface area contributed by atoms with E-state index in [1.54, 1.807) is 0 Å². The lowest BCUT2D eigenvalue weighted by Crippen LogP contribution is -2.48. The van der Waals surface area contributed by atoms with Crippen LogP contribution in [0.4, 0.5) is 14.5 Å². The fraction of sp³-hybridized carbons (Fsp3) is 0.250. The van der Waals surface area contributed by atoms with Gasteiger partial charge < -0.3 is 4.90 Å². The molecule has 0 spiro atoms. The fourth-order valence-corrected chi connectivity index (χ4v) is 4.05. The van der Waals surface area contributed by atoms with Gasteiger partial charge in [0.05, 0.1) is 4.90 Å². The van der Waals surface area contributed by atoms with Crippen LogP contribution in [0.25, 0.3) is 0 Å². The fourth-order valence-electron chi connectivity index (χ4n) is 2.61. The zero-order valence-electron chi connectivity index (χ0n) is 12.3. The minimum absolute atomic E-state index is 0.218. The van der Waals surface area contributed by atoms with Crippen molar-refractivity contribution in [2.24, 2.45) is 0 Å². The van der Waals surface area contributed by atoms with Crippen molar-refractivity contribution in [3.8, 4) is 0 Å². The molecule has 7 heteroatoms. The summed E-state index contributed by atoms with van der Waals surface area (Å²) in [4.78, 5) is 1.88. The van der Waals surface area contributed by atoms with E-state index in [0.717, 1.165) is 23.9 Å². The molecule has 0 amide bonds. The first kappa shape index (κ1) is 15.9. The third-order valence-corrected chi connectivity index (χ3v) is 5.78. The predicted molar refractivity (Wildman–Crippen MR) is 83.8 cm³/mol. The number of piperazine rings is 1. The van der Waals surface area contributed by atoms with Gasteiger partial charge in [-0.05, 0) is 30.3 Å². The van der Waals surface area contributed by atoms with E-state index in [0.29, 0.717) is 26.2 Å². The summed E-state index contributed by atoms with van der Waals surface area (Å²) in [6, 6.07) is 12.4. The van der Waals surface area contributed by atoms with Crippen LogP contribution in [0.5, 0.6) is 0 Å². The highest BCUT2D eigenvalue weighted by Gasteiger charge is 2.29. The number of hydrogen-bond acceptors (Lipinski definition) is 3. The van der Waals surface area contributed by atoms with E-state index in [9.17, 15) is 17.2 Å². The van der Waals surface area contributed by atoms with Crippen molar-refractivity contribution in [3.63, 3.8) is 0 Å². The molecule has 0 aromatic heterocycles. The number of benzene rings is 2. The molecular formula is C16H16F2N2O2S. The molecule has 2 aromatic rings. The molecule has 0 atom stereocenters. The molecule has 1 aliphatic heterocycles. The maximum Gasteiger partial charge on any atom is 0.243 e. The SMILES string of the molecule is O=S(=O)(c1ccc(F)c(F)c1)N1CCN(c2ccccc2)CC1. The van der Waals surface area contributed by atoms with Gasteiger partial charge in [-0.15, -0.1) is 0 Å². The van der Waals surface area contributed by atoms with Gasteiger partial charge in [0.1, 0.15) is 0 Å². The number of para-hydroxylation sites is 1. The van der Waals surface area contributed by atoms with Gasteiger partial charge in [0, 0.05) is 31.9 Å². The first-order valence-corrected chi connectivity index (χ1v) is 8.68. The third-order valence-electron chi connectivity index (χ3n) is 3.89. The highest BCUT2D eigenvalue weighted by atomic mass is 32.2. The molecular weight excluding hydrogens is 322 g/mol. The molecule has 1 fully saturated rings. The van der Waals surface area contributed by atoms with Gasteiger partial charge in [-0.1, -0.05) is 18.2 Å². The molecule has 3 rings (SSSR count). The number of rotatable bonds is 3. The minimum atomic E-state index is -3.81. The summed E-state index contributed by atoms with van der Waals surface area (Å²) in [5.41, 5.74) is 1.04. The van der Waals surface area contributed by atoms with E-state index in [2.05, 4.69) is 4.90 Å². The molecule has 1 saturated heterocycles. The van der Waals surface area contributed by atoms with E-state index in [-0.39, 0.29) is 4.90 Å². The molecule has 4 nitrogen and oxygen atoms in total. The second-order valence-corrected chi connectivity index (χ2v) is 7.24. The maximum absolute atomic E-state index is 13.3. The second-order valence-electron chi connectivity index (χ2n) is 5.30. The quantitative estimate of drug-likeness (QED) is 0.863. The third kappa shape index (κ3) is 3.20. The highest BCUT2D eigenvalue weighted by Crippen LogP contribution is 2.22. The Morgan fingerprint density at radius 2 is 1.48 bits per heavy atom. The van der Waals surface area contributed by atoms with Crippen molar-refractivity contribution in [1.29, 1.82) is 0 Å². The molecule has 0 saturated carbocycles. The van der Waals surface area contributed by atoms with Crippen LogP contribution in [0.2, 0.25) is 0 Å². The van der Waals surface area contributed by atoms with E-state index in [4.69, 9.17) is 0 Å². The van der Waals surface area contributed by atoms with Crippen LogP contribution in [-0.2, 0) is 10.0 Å². The predicted octanol–water partition coefficient (Wildman–Crippen LogP) is 2.48. The van der Waals surface area contributed by atoms with Crippen molar-refractivity contribution in [3.05, 3.63) is 60.2 Å². The first-order valence-electron chi connectivity index (χ1n) is 7.24. The lowest BCUT2D eigenvalue weighted by atomic mass is 10.2. The van der Waals surface area contributed by atoms with Gasteiger partial charge in [-0.3, -0.25) is 0 Å². The Morgan fingerprint density at radius 3 is 2.09 bits per heavy atom. The largest absolute Gasteiger partial charge is 0.369 e. The molecule has 0 unspecified atom stereocenters. The normalized spacial score (nSPS) is 16.5. The summed E-state index contributed by atoms with van der Waals surface area (Å²) in [5.74, 6) is -2.22. The summed E-state index contributed by atoms with van der Waals surface area (Å²) in [7, 11) is -3.81. The molecule has 23 heavy (non-hydrogen) atoms. The van der Waals surface area contributed by atoms with Crippen LogP contribution >= 0.6 is 0 Å². The molecule has 122 valence electrons. The molecule has 0 radical (unpaired) electrons. The van der Waals surface area contributed by atoms with Crippen LogP contribution in [0.1, 0.15) is 0 Å². The minimum Gasteiger partial charge on any atom is -0.369 e. The number of anilines is 1. The van der Waals surface area contributed by atoms with E-state index in [1.807, 2.05) is 30.3 Å². The van der Waals surface area contributed by atoms with E-state index in [1.165, 1.54) is 4.31 Å². The van der Waals surface area contributed by atoms with Gasteiger partial charge in [-0.25, -0.2) is 17.2 Å². The smallest absolute Gasteiger partial charge is 0.243 e. The average Bonchev–Trinajstić information content (AvgIpc) is 2.58. The molecule has 0 bridgehead atoms. The average molecular weight is 338 g/mol. The molecule has 0 aliphatic carbocycles. The maximum atomic E-state index is 13.3. The zero-order chi connectivity index (χ0) is 16.4. The first-order chi connectivity index (χ1) is 11.0. The van der Waals surface area contributed by atoms with Crippen LogP contribution < -0.4 is 4.90 Å². The Balaban J connectivity index is 1.75. The number of sulfonamides is 1. The Bertz CT molecular complexity index is 789. The monoisotopic (exact) mass is 338 g/mol. The van der Waals surface area contributed by atoms with Gasteiger partial charge in [0.25, 0.3) is 0 Å². The van der Waals surface area contributed by atoms with Crippen molar-refractivity contribution < 1.29 is 17.2 Å². The number of hydrogen-bond donors (Lipinski definition) is 0. The number of halogens is 2. The number of nitrogens with zero attached hydrogens (tertiary/aromatic N) is 2. The molecule has 2 aromatic carbocycles. The van der Waals surface area contributed by atoms with E-state index >= 15 is 0 Å². The van der Waals surface area contributed by atoms with Gasteiger partial charge in [0.15, 0.2) is 11.6 Å². The van der Waals surface area contributed by atoms with Gasteiger partial charge >= 0.3 is 0 Å². The van der Waals surface area contributed by atoms with E-state index < -0.39 is 21.7 Å². The summed E-state index contributed by atoms with van der Waals surface area (Å²) in [6.45, 7) is 1.70. The van der Waals surface area contributed by atoms with Crippen molar-refractivity contribution >= 4 is 15.7 Å². The summed E-state index contributed by atoms with van der Waals surface area (Å²) in [5, 5.41) is 0. The molecule has 1 heterocycles. The lowest BCUT2D eigenvalue weighted by molar-refractivity contribution is 0.384. The van der Waals surface area contributed by atoms with Crippen molar-refractivity contribution in [2.45, 2.75) is 4.90 Å². The Kier molecular flexibility index (Phi) is 4.32. The summed E-state index contributed by atoms with van der Waals surface area (Å²) >= 11 is 0. The van der Waals surface area contributed by atoms with Crippen molar-refractivity contribution in [2.75, 3.05) is 31.1 Å². The van der Waals surface area contributed by atoms with Crippen molar-refractivity contribution in [1.82, 2.24) is 4.31 Å². The van der Waals surface area contributed by atoms with Gasteiger partial charge in [0.2, 0.25) is 10.0 Å². The van der Waals surface area contributed by atoms with Crippen LogP contribution in [0.15, 0.2) is 53.4 Å². The van der Waals surface area contributed by atoms with Gasteiger partial charge in [-0.2, -0.15) is 4.31 Å². The standard InChI is InChI=1S/C16H16F2N2O2S/c17-15-7-6-14(12-16(15)18)23(21,22)20-10-8-19(9-11-20)13-4-2-1-3-5-13/h1-7,12H,8-11H2. The topological polar surface area (TPSA) is 40.6 Å². The van der Waals surface area contributed by atoms with Crippen LogP contribution in [0.3, 0.4) is 0 Å². The summed E-state index contributed by atoms with van der Waals surface area (Å²) < 4.78 is 52.6.